The van der Waals surface area contributed by atoms with E-state index in [-0.39, 0.29) is 11.6 Å². The number of rotatable bonds is 5. The average molecular weight is 327 g/mol. The molecule has 0 saturated heterocycles. The third-order valence-electron chi connectivity index (χ3n) is 3.38. The summed E-state index contributed by atoms with van der Waals surface area (Å²) in [5, 5.41) is 16.2. The van der Waals surface area contributed by atoms with Crippen molar-refractivity contribution in [2.24, 2.45) is 0 Å². The van der Waals surface area contributed by atoms with E-state index in [0.717, 1.165) is 0 Å². The van der Waals surface area contributed by atoms with Crippen LogP contribution in [0.2, 0.25) is 0 Å². The number of hydrogen-bond acceptors (Lipinski definition) is 4. The van der Waals surface area contributed by atoms with Crippen molar-refractivity contribution < 1.29 is 14.5 Å². The van der Waals surface area contributed by atoms with E-state index < -0.39 is 10.8 Å². The number of nitro groups is 1. The quantitative estimate of drug-likeness (QED) is 0.651. The van der Waals surface area contributed by atoms with E-state index in [1.807, 2.05) is 6.92 Å². The van der Waals surface area contributed by atoms with E-state index in [2.05, 4.69) is 10.6 Å². The number of amides is 2. The van der Waals surface area contributed by atoms with Crippen molar-refractivity contribution in [3.05, 3.63) is 69.3 Å². The standard InChI is InChI=1S/C17H17N3O4/c1-3-18-16(21)12-5-4-6-14(10-12)19-17(22)13-7-8-15(20(23)24)11(2)9-13/h4-10H,3H2,1-2H3,(H,18,21)(H,19,22). The van der Waals surface area contributed by atoms with Crippen LogP contribution in [0.5, 0.6) is 0 Å². The third kappa shape index (κ3) is 3.95. The van der Waals surface area contributed by atoms with Gasteiger partial charge in [-0.3, -0.25) is 19.7 Å². The van der Waals surface area contributed by atoms with Gasteiger partial charge in [-0.25, -0.2) is 0 Å². The normalized spacial score (nSPS) is 10.1. The van der Waals surface area contributed by atoms with Crippen molar-refractivity contribution in [1.29, 1.82) is 0 Å². The number of carbonyl (C=O) groups is 2. The number of aryl methyl sites for hydroxylation is 1. The zero-order valence-corrected chi connectivity index (χ0v) is 13.3. The van der Waals surface area contributed by atoms with Gasteiger partial charge in [-0.05, 0) is 44.2 Å². The number of hydrogen-bond donors (Lipinski definition) is 2. The lowest BCUT2D eigenvalue weighted by molar-refractivity contribution is -0.385. The molecule has 2 aromatic carbocycles. The molecule has 0 atom stereocenters. The van der Waals surface area contributed by atoms with Crippen molar-refractivity contribution in [3.63, 3.8) is 0 Å². The predicted octanol–water partition coefficient (Wildman–Crippen LogP) is 2.91. The predicted molar refractivity (Wildman–Crippen MR) is 90.2 cm³/mol. The van der Waals surface area contributed by atoms with Crippen LogP contribution in [0.1, 0.15) is 33.2 Å². The molecule has 0 fully saturated rings. The first-order valence-electron chi connectivity index (χ1n) is 7.37. The van der Waals surface area contributed by atoms with E-state index in [1.165, 1.54) is 18.2 Å². The first-order valence-corrected chi connectivity index (χ1v) is 7.37. The molecule has 7 nitrogen and oxygen atoms in total. The number of carbonyl (C=O) groups excluding carboxylic acids is 2. The fourth-order valence-corrected chi connectivity index (χ4v) is 2.21. The van der Waals surface area contributed by atoms with Crippen LogP contribution in [-0.2, 0) is 0 Å². The molecule has 24 heavy (non-hydrogen) atoms. The largest absolute Gasteiger partial charge is 0.352 e. The van der Waals surface area contributed by atoms with Crippen molar-refractivity contribution in [1.82, 2.24) is 5.32 Å². The van der Waals surface area contributed by atoms with Crippen molar-refractivity contribution in [3.8, 4) is 0 Å². The van der Waals surface area contributed by atoms with Gasteiger partial charge in [0.05, 0.1) is 4.92 Å². The van der Waals surface area contributed by atoms with Gasteiger partial charge in [0.2, 0.25) is 0 Å². The van der Waals surface area contributed by atoms with Crippen LogP contribution < -0.4 is 10.6 Å². The Hall–Kier alpha value is -3.22. The van der Waals surface area contributed by atoms with Crippen LogP contribution in [0.3, 0.4) is 0 Å². The molecule has 0 unspecified atom stereocenters. The molecule has 2 aromatic rings. The Morgan fingerprint density at radius 2 is 1.79 bits per heavy atom. The van der Waals surface area contributed by atoms with Gasteiger partial charge in [0.25, 0.3) is 17.5 Å². The molecule has 0 aromatic heterocycles. The first kappa shape index (κ1) is 17.1. The van der Waals surface area contributed by atoms with Gasteiger partial charge >= 0.3 is 0 Å². The van der Waals surface area contributed by atoms with Crippen molar-refractivity contribution in [2.45, 2.75) is 13.8 Å². The minimum Gasteiger partial charge on any atom is -0.352 e. The second-order valence-electron chi connectivity index (χ2n) is 5.15. The fourth-order valence-electron chi connectivity index (χ4n) is 2.21. The fraction of sp³-hybridized carbons (Fsp3) is 0.176. The molecule has 7 heteroatoms. The smallest absolute Gasteiger partial charge is 0.272 e. The van der Waals surface area contributed by atoms with Gasteiger partial charge in [0, 0.05) is 35.0 Å². The Bertz CT molecular complexity index is 802. The Kier molecular flexibility index (Phi) is 5.26. The second-order valence-corrected chi connectivity index (χ2v) is 5.15. The van der Waals surface area contributed by atoms with Gasteiger partial charge in [-0.15, -0.1) is 0 Å². The van der Waals surface area contributed by atoms with Gasteiger partial charge in [-0.1, -0.05) is 6.07 Å². The Labute approximate surface area is 138 Å². The molecule has 0 aliphatic heterocycles. The highest BCUT2D eigenvalue weighted by molar-refractivity contribution is 6.05. The summed E-state index contributed by atoms with van der Waals surface area (Å²) in [7, 11) is 0. The summed E-state index contributed by atoms with van der Waals surface area (Å²) in [5.41, 5.74) is 1.59. The van der Waals surface area contributed by atoms with Crippen molar-refractivity contribution in [2.75, 3.05) is 11.9 Å². The van der Waals surface area contributed by atoms with E-state index in [4.69, 9.17) is 0 Å². The molecule has 124 valence electrons. The summed E-state index contributed by atoms with van der Waals surface area (Å²) in [4.78, 5) is 34.4. The minimum atomic E-state index is -0.493. The Morgan fingerprint density at radius 3 is 2.42 bits per heavy atom. The molecular weight excluding hydrogens is 310 g/mol. The highest BCUT2D eigenvalue weighted by atomic mass is 16.6. The molecule has 0 spiro atoms. The highest BCUT2D eigenvalue weighted by Gasteiger charge is 2.14. The average Bonchev–Trinajstić information content (AvgIpc) is 2.54. The summed E-state index contributed by atoms with van der Waals surface area (Å²) < 4.78 is 0. The summed E-state index contributed by atoms with van der Waals surface area (Å²) in [6.07, 6.45) is 0. The van der Waals surface area contributed by atoms with E-state index in [9.17, 15) is 19.7 Å². The van der Waals surface area contributed by atoms with Crippen LogP contribution in [0, 0.1) is 17.0 Å². The van der Waals surface area contributed by atoms with E-state index in [1.54, 1.807) is 31.2 Å². The minimum absolute atomic E-state index is 0.0372. The first-order chi connectivity index (χ1) is 11.4. The molecule has 0 saturated carbocycles. The van der Waals surface area contributed by atoms with Gasteiger partial charge in [0.15, 0.2) is 0 Å². The van der Waals surface area contributed by atoms with Gasteiger partial charge in [0.1, 0.15) is 0 Å². The lowest BCUT2D eigenvalue weighted by Gasteiger charge is -2.08. The van der Waals surface area contributed by atoms with E-state index in [0.29, 0.717) is 28.9 Å². The molecule has 0 aliphatic rings. The number of nitrogens with zero attached hydrogens (tertiary/aromatic N) is 1. The van der Waals surface area contributed by atoms with E-state index >= 15 is 0 Å². The zero-order chi connectivity index (χ0) is 17.7. The summed E-state index contributed by atoms with van der Waals surface area (Å²) in [6.45, 7) is 3.91. The van der Waals surface area contributed by atoms with Crippen molar-refractivity contribution >= 4 is 23.2 Å². The molecule has 2 rings (SSSR count). The second kappa shape index (κ2) is 7.36. The summed E-state index contributed by atoms with van der Waals surface area (Å²) >= 11 is 0. The summed E-state index contributed by atoms with van der Waals surface area (Å²) in [5.74, 6) is -0.624. The van der Waals surface area contributed by atoms with Crippen LogP contribution >= 0.6 is 0 Å². The number of nitrogens with one attached hydrogen (secondary N) is 2. The maximum absolute atomic E-state index is 12.3. The number of benzene rings is 2. The van der Waals surface area contributed by atoms with Crippen LogP contribution in [-0.4, -0.2) is 23.3 Å². The maximum Gasteiger partial charge on any atom is 0.272 e. The van der Waals surface area contributed by atoms with Crippen LogP contribution in [0.15, 0.2) is 42.5 Å². The maximum atomic E-state index is 12.3. The molecule has 0 radical (unpaired) electrons. The van der Waals surface area contributed by atoms with Crippen LogP contribution in [0.4, 0.5) is 11.4 Å². The highest BCUT2D eigenvalue weighted by Crippen LogP contribution is 2.20. The topological polar surface area (TPSA) is 101 Å². The molecule has 2 N–H and O–H groups in total. The molecular formula is C17H17N3O4. The molecule has 0 aliphatic carbocycles. The zero-order valence-electron chi connectivity index (χ0n) is 13.3. The monoisotopic (exact) mass is 327 g/mol. The third-order valence-corrected chi connectivity index (χ3v) is 3.38. The molecule has 2 amide bonds. The van der Waals surface area contributed by atoms with Crippen LogP contribution in [0.25, 0.3) is 0 Å². The lowest BCUT2D eigenvalue weighted by Crippen LogP contribution is -2.22. The van der Waals surface area contributed by atoms with Gasteiger partial charge in [-0.2, -0.15) is 0 Å². The lowest BCUT2D eigenvalue weighted by atomic mass is 10.1. The summed E-state index contributed by atoms with van der Waals surface area (Å²) in [6, 6.07) is 10.7. The SMILES string of the molecule is CCNC(=O)c1cccc(NC(=O)c2ccc([N+](=O)[O-])c(C)c2)c1. The Balaban J connectivity index is 2.18. The number of nitro benzene ring substituents is 1. The van der Waals surface area contributed by atoms with Gasteiger partial charge < -0.3 is 10.6 Å². The Morgan fingerprint density at radius 1 is 1.08 bits per heavy atom. The molecule has 0 heterocycles. The number of anilines is 1. The molecule has 0 bridgehead atoms.